The van der Waals surface area contributed by atoms with Crippen molar-refractivity contribution in [2.24, 2.45) is 17.3 Å². The van der Waals surface area contributed by atoms with Gasteiger partial charge in [0.1, 0.15) is 18.1 Å². The molecule has 13 heteroatoms. The predicted octanol–water partition coefficient (Wildman–Crippen LogP) is 3.84. The highest BCUT2D eigenvalue weighted by Gasteiger charge is 2.70. The Morgan fingerprint density at radius 3 is 2.51 bits per heavy atom. The van der Waals surface area contributed by atoms with Crippen LogP contribution in [0.5, 0.6) is 0 Å². The zero-order valence-electron chi connectivity index (χ0n) is 24.3. The van der Waals surface area contributed by atoms with E-state index in [0.717, 1.165) is 4.70 Å². The van der Waals surface area contributed by atoms with Crippen molar-refractivity contribution < 1.29 is 32.3 Å². The highest BCUT2D eigenvalue weighted by Crippen LogP contribution is 2.65. The van der Waals surface area contributed by atoms with Gasteiger partial charge in [-0.15, -0.1) is 17.3 Å². The van der Waals surface area contributed by atoms with Crippen molar-refractivity contribution in [3.8, 4) is 17.9 Å². The summed E-state index contributed by atoms with van der Waals surface area (Å²) in [7, 11) is 0. The van der Waals surface area contributed by atoms with Crippen LogP contribution in [0.4, 0.5) is 13.2 Å². The Hall–Kier alpha value is -3.68. The number of hydrogen-bond donors (Lipinski definition) is 2. The molecule has 3 aliphatic rings. The molecule has 3 amide bonds. The van der Waals surface area contributed by atoms with E-state index in [1.807, 2.05) is 24.5 Å². The summed E-state index contributed by atoms with van der Waals surface area (Å²) in [5.74, 6) is 1.76. The fourth-order valence-corrected chi connectivity index (χ4v) is 7.16. The molecule has 5 rings (SSSR count). The van der Waals surface area contributed by atoms with Gasteiger partial charge in [0.15, 0.2) is 0 Å². The molecule has 0 spiro atoms. The number of amides is 3. The normalized spacial score (nSPS) is 24.9. The molecule has 2 aromatic heterocycles. The second-order valence-electron chi connectivity index (χ2n) is 12.3. The van der Waals surface area contributed by atoms with Crippen molar-refractivity contribution >= 4 is 39.1 Å². The summed E-state index contributed by atoms with van der Waals surface area (Å²) < 4.78 is 46.5. The van der Waals surface area contributed by atoms with Crippen molar-refractivity contribution in [3.63, 3.8) is 0 Å². The molecule has 2 saturated carbocycles. The number of nitriles is 1. The number of rotatable bonds is 8. The topological polar surface area (TPSA) is 124 Å². The first-order chi connectivity index (χ1) is 20.1. The minimum Gasteiger partial charge on any atom is -0.370 e. The Morgan fingerprint density at radius 1 is 1.21 bits per heavy atom. The third-order valence-electron chi connectivity index (χ3n) is 8.96. The number of ether oxygens (including phenoxy) is 1. The summed E-state index contributed by atoms with van der Waals surface area (Å²) in [6, 6.07) is -1.76. The highest BCUT2D eigenvalue weighted by molar-refractivity contribution is 7.17. The number of likely N-dealkylation sites (tertiary alicyclic amines) is 1. The smallest absolute Gasteiger partial charge is 0.370 e. The van der Waals surface area contributed by atoms with Gasteiger partial charge in [0, 0.05) is 40.8 Å². The van der Waals surface area contributed by atoms with E-state index in [2.05, 4.69) is 28.2 Å². The predicted molar refractivity (Wildman–Crippen MR) is 151 cm³/mol. The van der Waals surface area contributed by atoms with Crippen LogP contribution in [-0.4, -0.2) is 64.1 Å². The molecule has 228 valence electrons. The molecule has 2 N–H and O–H groups in total. The van der Waals surface area contributed by atoms with Crippen LogP contribution in [0.15, 0.2) is 17.8 Å². The van der Waals surface area contributed by atoms with Gasteiger partial charge in [-0.1, -0.05) is 19.8 Å². The molecule has 2 aliphatic carbocycles. The molecule has 0 bridgehead atoms. The molecule has 3 heterocycles. The Kier molecular flexibility index (Phi) is 7.72. The van der Waals surface area contributed by atoms with Crippen LogP contribution in [0.1, 0.15) is 64.6 Å². The van der Waals surface area contributed by atoms with E-state index in [-0.39, 0.29) is 23.8 Å². The first-order valence-electron chi connectivity index (χ1n) is 14.0. The van der Waals surface area contributed by atoms with Crippen LogP contribution in [0.2, 0.25) is 0 Å². The van der Waals surface area contributed by atoms with Crippen molar-refractivity contribution in [1.29, 1.82) is 5.26 Å². The van der Waals surface area contributed by atoms with Crippen molar-refractivity contribution in [2.45, 2.75) is 83.5 Å². The molecule has 2 aromatic rings. The summed E-state index contributed by atoms with van der Waals surface area (Å²) in [4.78, 5) is 45.3. The van der Waals surface area contributed by atoms with Crippen LogP contribution >= 0.6 is 11.3 Å². The van der Waals surface area contributed by atoms with Crippen molar-refractivity contribution in [1.82, 2.24) is 20.5 Å². The van der Waals surface area contributed by atoms with Gasteiger partial charge >= 0.3 is 12.1 Å². The monoisotopic (exact) mass is 615 g/mol. The van der Waals surface area contributed by atoms with Crippen molar-refractivity contribution in [3.05, 3.63) is 28.9 Å². The number of nitrogens with one attached hydrogen (secondary N) is 2. The number of carbonyl (C=O) groups is 3. The SMILES string of the molecule is CC#Cc1csc2cncc(C(C#N)NC(=O)[C@@H]3[C@@H]4[C@H](CN3C(=O)[C@@H](NC(=O)C(F)(F)F)[C@@H](C)OC3(C)CC3)C4(C)C)c12. The summed E-state index contributed by atoms with van der Waals surface area (Å²) >= 11 is 1.41. The fraction of sp³-hybridized carbons (Fsp3) is 0.567. The van der Waals surface area contributed by atoms with E-state index < -0.39 is 53.7 Å². The van der Waals surface area contributed by atoms with Gasteiger partial charge in [0.25, 0.3) is 0 Å². The third kappa shape index (κ3) is 5.68. The number of carbonyl (C=O) groups excluding carboxylic acids is 3. The molecular formula is C30H32F3N5O4S. The maximum Gasteiger partial charge on any atom is 0.471 e. The quantitative estimate of drug-likeness (QED) is 0.435. The summed E-state index contributed by atoms with van der Waals surface area (Å²) in [5.41, 5.74) is 0.236. The molecule has 0 aromatic carbocycles. The molecule has 1 aliphatic heterocycles. The number of aromatic nitrogens is 1. The number of pyridine rings is 1. The zero-order valence-corrected chi connectivity index (χ0v) is 25.2. The molecule has 6 atom stereocenters. The van der Waals surface area contributed by atoms with E-state index in [9.17, 15) is 32.8 Å². The number of alkyl halides is 3. The van der Waals surface area contributed by atoms with E-state index in [1.54, 1.807) is 20.0 Å². The minimum atomic E-state index is -5.22. The number of thiophene rings is 1. The summed E-state index contributed by atoms with van der Waals surface area (Å²) in [6.07, 6.45) is -1.82. The Morgan fingerprint density at radius 2 is 1.91 bits per heavy atom. The standard InChI is InChI=1S/C30H32F3N5O4S/c1-6-7-16-14-43-20-12-35-11-17(21(16)20)19(10-34)36-25(39)24-22-18(28(22,3)4)13-38(24)26(40)23(37-27(41)30(31,32)33)15(2)42-29(5)8-9-29/h11-12,14-15,18-19,22-24H,8-9,13H2,1-5H3,(H,36,39)(H,37,41)/t15-,18+,19?,22+,23+,24+/m1/s1. The molecule has 0 radical (unpaired) electrons. The van der Waals surface area contributed by atoms with Gasteiger partial charge in [0.05, 0.1) is 22.5 Å². The Bertz CT molecular complexity index is 1580. The van der Waals surface area contributed by atoms with E-state index in [1.165, 1.54) is 29.4 Å². The van der Waals surface area contributed by atoms with Gasteiger partial charge in [-0.3, -0.25) is 19.4 Å². The van der Waals surface area contributed by atoms with Crippen LogP contribution in [0.3, 0.4) is 0 Å². The largest absolute Gasteiger partial charge is 0.471 e. The summed E-state index contributed by atoms with van der Waals surface area (Å²) in [6.45, 7) is 8.94. The van der Waals surface area contributed by atoms with Gasteiger partial charge in [-0.25, -0.2) is 0 Å². The number of halogens is 3. The molecule has 3 fully saturated rings. The molecular weight excluding hydrogens is 583 g/mol. The molecule has 1 unspecified atom stereocenters. The minimum absolute atomic E-state index is 0.0859. The average Bonchev–Trinajstić information content (AvgIpc) is 3.58. The number of piperidine rings is 1. The van der Waals surface area contributed by atoms with Gasteiger partial charge in [-0.05, 0) is 50.9 Å². The lowest BCUT2D eigenvalue weighted by molar-refractivity contribution is -0.177. The third-order valence-corrected chi connectivity index (χ3v) is 9.88. The van der Waals surface area contributed by atoms with E-state index in [4.69, 9.17) is 4.74 Å². The molecule has 9 nitrogen and oxygen atoms in total. The maximum absolute atomic E-state index is 13.9. The Labute approximate surface area is 251 Å². The Balaban J connectivity index is 1.44. The average molecular weight is 616 g/mol. The van der Waals surface area contributed by atoms with Crippen LogP contribution in [0.25, 0.3) is 10.1 Å². The van der Waals surface area contributed by atoms with Crippen LogP contribution < -0.4 is 10.6 Å². The summed E-state index contributed by atoms with van der Waals surface area (Å²) in [5, 5.41) is 17.2. The van der Waals surface area contributed by atoms with Gasteiger partial charge in [-0.2, -0.15) is 18.4 Å². The fourth-order valence-electron chi connectivity index (χ4n) is 6.27. The van der Waals surface area contributed by atoms with E-state index in [0.29, 0.717) is 29.4 Å². The lowest BCUT2D eigenvalue weighted by Crippen LogP contribution is -2.60. The van der Waals surface area contributed by atoms with E-state index >= 15 is 0 Å². The number of nitrogens with zero attached hydrogens (tertiary/aromatic N) is 3. The molecule has 43 heavy (non-hydrogen) atoms. The van der Waals surface area contributed by atoms with Gasteiger partial charge < -0.3 is 20.3 Å². The maximum atomic E-state index is 13.9. The van der Waals surface area contributed by atoms with Crippen molar-refractivity contribution in [2.75, 3.05) is 6.54 Å². The van der Waals surface area contributed by atoms with Crippen LogP contribution in [-0.2, 0) is 19.1 Å². The lowest BCUT2D eigenvalue weighted by Gasteiger charge is -2.35. The number of fused-ring (bicyclic) bond motifs is 2. The lowest BCUT2D eigenvalue weighted by atomic mass is 9.98. The number of hydrogen-bond acceptors (Lipinski definition) is 7. The highest BCUT2D eigenvalue weighted by atomic mass is 32.1. The van der Waals surface area contributed by atoms with Crippen LogP contribution in [0, 0.1) is 40.4 Å². The first kappa shape index (κ1) is 30.8. The second-order valence-corrected chi connectivity index (χ2v) is 13.2. The zero-order chi connectivity index (χ0) is 31.5. The second kappa shape index (κ2) is 10.8. The first-order valence-corrected chi connectivity index (χ1v) is 14.8. The van der Waals surface area contributed by atoms with Gasteiger partial charge in [0.2, 0.25) is 11.8 Å². The molecule has 1 saturated heterocycles.